The number of hydrogen-bond donors (Lipinski definition) is 4. The molecular formula is C40H61N5O10. The van der Waals surface area contributed by atoms with Gasteiger partial charge in [-0.1, -0.05) is 43.5 Å². The predicted molar refractivity (Wildman–Crippen MR) is 203 cm³/mol. The van der Waals surface area contributed by atoms with Gasteiger partial charge in [0.15, 0.2) is 0 Å². The number of carbonyl (C=O) groups is 6. The molecule has 2 aliphatic carbocycles. The molecule has 15 heteroatoms. The molecule has 0 aromatic heterocycles. The van der Waals surface area contributed by atoms with Crippen molar-refractivity contribution in [1.82, 2.24) is 25.8 Å². The molecular weight excluding hydrogens is 710 g/mol. The summed E-state index contributed by atoms with van der Waals surface area (Å²) in [6.45, 7) is 7.47. The second-order valence-corrected chi connectivity index (χ2v) is 15.9. The van der Waals surface area contributed by atoms with E-state index in [9.17, 15) is 28.8 Å². The number of amides is 5. The zero-order valence-corrected chi connectivity index (χ0v) is 33.1. The van der Waals surface area contributed by atoms with Crippen LogP contribution in [0.15, 0.2) is 24.3 Å². The van der Waals surface area contributed by atoms with E-state index in [1.54, 1.807) is 27.7 Å². The van der Waals surface area contributed by atoms with E-state index in [4.69, 9.17) is 19.3 Å². The van der Waals surface area contributed by atoms with E-state index in [1.165, 1.54) is 22.4 Å². The number of hydrogen-bond acceptors (Lipinski definition) is 9. The van der Waals surface area contributed by atoms with Crippen molar-refractivity contribution in [2.45, 2.75) is 134 Å². The summed E-state index contributed by atoms with van der Waals surface area (Å²) in [5.74, 6) is -2.63. The number of ether oxygens (including phenoxy) is 3. The summed E-state index contributed by atoms with van der Waals surface area (Å²) >= 11 is 0. The van der Waals surface area contributed by atoms with E-state index in [-0.39, 0.29) is 81.9 Å². The first-order chi connectivity index (χ1) is 26.1. The van der Waals surface area contributed by atoms with E-state index < -0.39 is 47.7 Å². The lowest BCUT2D eigenvalue weighted by Crippen LogP contribution is -2.59. The highest BCUT2D eigenvalue weighted by molar-refractivity contribution is 5.94. The maximum atomic E-state index is 14.7. The van der Waals surface area contributed by atoms with Crippen molar-refractivity contribution >= 4 is 35.7 Å². The van der Waals surface area contributed by atoms with Gasteiger partial charge in [0.2, 0.25) is 23.6 Å². The Kier molecular flexibility index (Phi) is 16.3. The van der Waals surface area contributed by atoms with Crippen molar-refractivity contribution < 1.29 is 48.1 Å². The number of carbonyl (C=O) groups excluding carboxylic acids is 5. The monoisotopic (exact) mass is 771 g/mol. The quantitative estimate of drug-likeness (QED) is 0.171. The van der Waals surface area contributed by atoms with E-state index in [0.717, 1.165) is 56.9 Å². The van der Waals surface area contributed by atoms with Crippen molar-refractivity contribution in [2.75, 3.05) is 40.0 Å². The first-order valence-corrected chi connectivity index (χ1v) is 19.8. The molecule has 4 rings (SSSR count). The van der Waals surface area contributed by atoms with Crippen molar-refractivity contribution in [2.24, 2.45) is 5.92 Å². The highest BCUT2D eigenvalue weighted by Gasteiger charge is 2.45. The molecule has 5 atom stereocenters. The molecule has 1 saturated heterocycles. The normalized spacial score (nSPS) is 21.1. The Morgan fingerprint density at radius 3 is 2.25 bits per heavy atom. The number of likely N-dealkylation sites (N-methyl/N-ethyl adjacent to an activating group) is 1. The van der Waals surface area contributed by atoms with Gasteiger partial charge in [0.05, 0.1) is 38.9 Å². The van der Waals surface area contributed by atoms with Crippen molar-refractivity contribution in [1.29, 1.82) is 0 Å². The van der Waals surface area contributed by atoms with Crippen LogP contribution in [0, 0.1) is 5.92 Å². The van der Waals surface area contributed by atoms with Crippen LogP contribution in [0.1, 0.15) is 109 Å². The number of carboxylic acid groups (broad SMARTS) is 1. The van der Waals surface area contributed by atoms with Gasteiger partial charge in [-0.05, 0) is 83.3 Å². The Hall–Kier alpha value is -4.24. The lowest BCUT2D eigenvalue weighted by Gasteiger charge is -2.36. The van der Waals surface area contributed by atoms with Gasteiger partial charge in [0.25, 0.3) is 0 Å². The van der Waals surface area contributed by atoms with E-state index >= 15 is 0 Å². The van der Waals surface area contributed by atoms with E-state index in [1.807, 2.05) is 18.2 Å². The highest BCUT2D eigenvalue weighted by Crippen LogP contribution is 2.32. The number of nitrogens with one attached hydrogen (secondary N) is 3. The van der Waals surface area contributed by atoms with Crippen LogP contribution < -0.4 is 16.0 Å². The molecule has 1 aromatic rings. The van der Waals surface area contributed by atoms with Crippen LogP contribution in [0.3, 0.4) is 0 Å². The fourth-order valence-corrected chi connectivity index (χ4v) is 7.52. The number of carboxylic acids is 1. The molecule has 1 aliphatic heterocycles. The van der Waals surface area contributed by atoms with E-state index in [2.05, 4.69) is 22.0 Å². The van der Waals surface area contributed by atoms with Gasteiger partial charge in [-0.3, -0.25) is 28.9 Å². The molecule has 15 nitrogen and oxygen atoms in total. The Labute approximate surface area is 324 Å². The average Bonchev–Trinajstić information content (AvgIpc) is 3.57. The molecule has 5 amide bonds. The van der Waals surface area contributed by atoms with Crippen LogP contribution in [-0.2, 0) is 44.6 Å². The fourth-order valence-electron chi connectivity index (χ4n) is 7.52. The van der Waals surface area contributed by atoms with Gasteiger partial charge in [-0.15, -0.1) is 0 Å². The molecule has 0 unspecified atom stereocenters. The molecule has 0 radical (unpaired) electrons. The van der Waals surface area contributed by atoms with Gasteiger partial charge in [0, 0.05) is 26.1 Å². The van der Waals surface area contributed by atoms with Crippen LogP contribution in [0.2, 0.25) is 0 Å². The van der Waals surface area contributed by atoms with E-state index in [0.29, 0.717) is 0 Å². The van der Waals surface area contributed by atoms with Crippen molar-refractivity contribution in [3.63, 3.8) is 0 Å². The predicted octanol–water partition coefficient (Wildman–Crippen LogP) is 3.48. The lowest BCUT2D eigenvalue weighted by atomic mass is 9.83. The van der Waals surface area contributed by atoms with Crippen LogP contribution in [-0.4, -0.2) is 120 Å². The maximum absolute atomic E-state index is 14.7. The molecule has 306 valence electrons. The van der Waals surface area contributed by atoms with Crippen LogP contribution in [0.4, 0.5) is 4.79 Å². The SMILES string of the molecule is C[C@@H](C(=O)N[C@H](C(=O)N1C[C@@H](NC(=O)CCOCCOCCC(=O)O)C[C@H]1C(=O)N[C@@H]1CCCc2ccccc21)C1CCCCC1)N(C)C(=O)OC(C)(C)C. The lowest BCUT2D eigenvalue weighted by molar-refractivity contribution is -0.143. The molecule has 0 spiro atoms. The van der Waals surface area contributed by atoms with Gasteiger partial charge >= 0.3 is 12.1 Å². The standard InChI is InChI=1S/C40H61N5O10/c1-26(44(5)39(52)55-40(2,3)4)36(49)43-35(28-13-7-6-8-14-28)38(51)45-25-29(41-33(46)18-20-53-22-23-54-21-19-34(47)48)24-32(45)37(50)42-31-17-11-15-27-12-9-10-16-30(27)31/h9-10,12,16,26,28-29,31-32,35H,6-8,11,13-15,17-25H2,1-5H3,(H,41,46)(H,42,50)(H,43,49)(H,47,48)/t26-,29-,31+,32-,35-/m0/s1. The second-order valence-electron chi connectivity index (χ2n) is 15.9. The minimum atomic E-state index is -0.948. The van der Waals surface area contributed by atoms with Gasteiger partial charge in [-0.2, -0.15) is 0 Å². The number of likely N-dealkylation sites (tertiary alicyclic amines) is 1. The first-order valence-electron chi connectivity index (χ1n) is 19.8. The minimum Gasteiger partial charge on any atom is -0.481 e. The van der Waals surface area contributed by atoms with Crippen LogP contribution in [0.5, 0.6) is 0 Å². The topological polar surface area (TPSA) is 193 Å². The zero-order valence-electron chi connectivity index (χ0n) is 33.1. The molecule has 2 fully saturated rings. The summed E-state index contributed by atoms with van der Waals surface area (Å²) in [5.41, 5.74) is 1.49. The smallest absolute Gasteiger partial charge is 0.410 e. The number of fused-ring (bicyclic) bond motifs is 1. The third kappa shape index (κ3) is 13.2. The molecule has 1 aromatic carbocycles. The molecule has 1 heterocycles. The van der Waals surface area contributed by atoms with Gasteiger partial charge in [0.1, 0.15) is 23.7 Å². The maximum Gasteiger partial charge on any atom is 0.410 e. The highest BCUT2D eigenvalue weighted by atomic mass is 16.6. The first kappa shape index (κ1) is 43.5. The van der Waals surface area contributed by atoms with Crippen LogP contribution in [0.25, 0.3) is 0 Å². The summed E-state index contributed by atoms with van der Waals surface area (Å²) in [6.07, 6.45) is 6.34. The third-order valence-corrected chi connectivity index (χ3v) is 10.6. The summed E-state index contributed by atoms with van der Waals surface area (Å²) in [5, 5.41) is 17.9. The molecule has 0 bridgehead atoms. The molecule has 1 saturated carbocycles. The number of benzene rings is 1. The van der Waals surface area contributed by atoms with Crippen LogP contribution >= 0.6 is 0 Å². The summed E-state index contributed by atoms with van der Waals surface area (Å²) in [7, 11) is 1.48. The van der Waals surface area contributed by atoms with Gasteiger partial charge < -0.3 is 40.2 Å². The summed E-state index contributed by atoms with van der Waals surface area (Å²) in [4.78, 5) is 81.9. The fraction of sp³-hybridized carbons (Fsp3) is 0.700. The third-order valence-electron chi connectivity index (χ3n) is 10.6. The van der Waals surface area contributed by atoms with Crippen molar-refractivity contribution in [3.05, 3.63) is 35.4 Å². The Balaban J connectivity index is 1.48. The Morgan fingerprint density at radius 1 is 0.909 bits per heavy atom. The Morgan fingerprint density at radius 2 is 1.58 bits per heavy atom. The number of rotatable bonds is 17. The second kappa shape index (κ2) is 20.6. The Bertz CT molecular complexity index is 1490. The number of aryl methyl sites for hydroxylation is 1. The number of nitrogens with zero attached hydrogens (tertiary/aromatic N) is 2. The summed E-state index contributed by atoms with van der Waals surface area (Å²) < 4.78 is 16.2. The molecule has 55 heavy (non-hydrogen) atoms. The van der Waals surface area contributed by atoms with Gasteiger partial charge in [-0.25, -0.2) is 4.79 Å². The van der Waals surface area contributed by atoms with Crippen molar-refractivity contribution in [3.8, 4) is 0 Å². The average molecular weight is 772 g/mol. The largest absolute Gasteiger partial charge is 0.481 e. The zero-order chi connectivity index (χ0) is 40.1. The number of aliphatic carboxylic acids is 1. The molecule has 4 N–H and O–H groups in total. The molecule has 3 aliphatic rings. The summed E-state index contributed by atoms with van der Waals surface area (Å²) in [6, 6.07) is 4.52. The minimum absolute atomic E-state index is 0.0408.